The fourth-order valence-corrected chi connectivity index (χ4v) is 2.91. The Labute approximate surface area is 155 Å². The van der Waals surface area contributed by atoms with Gasteiger partial charge in [0.1, 0.15) is 0 Å². The topological polar surface area (TPSA) is 103 Å². The summed E-state index contributed by atoms with van der Waals surface area (Å²) in [4.78, 5) is 17.7. The Hall–Kier alpha value is -3.87. The van der Waals surface area contributed by atoms with Gasteiger partial charge in [-0.2, -0.15) is 14.6 Å². The summed E-state index contributed by atoms with van der Waals surface area (Å²) >= 11 is 0. The highest BCUT2D eigenvalue weighted by atomic mass is 19.2. The number of fused-ring (bicyclic) bond motifs is 1. The van der Waals surface area contributed by atoms with Crippen molar-refractivity contribution in [2.45, 2.75) is 13.1 Å². The van der Waals surface area contributed by atoms with E-state index in [4.69, 9.17) is 9.78 Å². The number of aromatic hydroxyl groups is 1. The molecule has 1 aliphatic heterocycles. The second kappa shape index (κ2) is 6.38. The van der Waals surface area contributed by atoms with Gasteiger partial charge in [-0.15, -0.1) is 0 Å². The average molecular weight is 386 g/mol. The first-order valence-electron chi connectivity index (χ1n) is 7.90. The molecule has 4 rings (SSSR count). The first-order valence-corrected chi connectivity index (χ1v) is 7.90. The van der Waals surface area contributed by atoms with Crippen molar-refractivity contribution >= 4 is 5.91 Å². The lowest BCUT2D eigenvalue weighted by atomic mass is 10.1. The summed E-state index contributed by atoms with van der Waals surface area (Å²) in [5.74, 6) is -7.89. The zero-order valence-corrected chi connectivity index (χ0v) is 13.9. The molecule has 1 N–H and O–H groups in total. The van der Waals surface area contributed by atoms with E-state index in [2.05, 4.69) is 10.1 Å². The number of hydrogen-bond acceptors (Lipinski definition) is 6. The van der Waals surface area contributed by atoms with Crippen molar-refractivity contribution in [3.63, 3.8) is 0 Å². The van der Waals surface area contributed by atoms with Gasteiger partial charge in [0, 0.05) is 13.1 Å². The maximum atomic E-state index is 14.0. The van der Waals surface area contributed by atoms with Crippen molar-refractivity contribution in [3.8, 4) is 23.3 Å². The predicted octanol–water partition coefficient (Wildman–Crippen LogP) is 2.89. The van der Waals surface area contributed by atoms with Gasteiger partial charge in [-0.05, 0) is 29.3 Å². The Bertz CT molecular complexity index is 1170. The molecule has 3 aromatic rings. The molecule has 0 aliphatic carbocycles. The van der Waals surface area contributed by atoms with Crippen LogP contribution in [0.3, 0.4) is 0 Å². The summed E-state index contributed by atoms with van der Waals surface area (Å²) in [7, 11) is 0. The number of rotatable bonds is 2. The molecule has 1 amide bonds. The van der Waals surface area contributed by atoms with Gasteiger partial charge in [-0.25, -0.2) is 8.78 Å². The molecule has 0 radical (unpaired) electrons. The molecule has 0 unspecified atom stereocenters. The van der Waals surface area contributed by atoms with E-state index in [0.717, 1.165) is 11.1 Å². The number of halogens is 3. The normalized spacial score (nSPS) is 12.7. The summed E-state index contributed by atoms with van der Waals surface area (Å²) in [5.41, 5.74) is 1.44. The van der Waals surface area contributed by atoms with Gasteiger partial charge in [0.15, 0.2) is 17.4 Å². The molecule has 28 heavy (non-hydrogen) atoms. The molecular formula is C18H9F3N4O3. The third-order valence-corrected chi connectivity index (χ3v) is 4.33. The monoisotopic (exact) mass is 386 g/mol. The van der Waals surface area contributed by atoms with Crippen LogP contribution in [0.1, 0.15) is 27.3 Å². The molecule has 7 nitrogen and oxygen atoms in total. The van der Waals surface area contributed by atoms with E-state index in [1.807, 2.05) is 6.07 Å². The smallest absolute Gasteiger partial charge is 0.295 e. The zero-order chi connectivity index (χ0) is 20.0. The van der Waals surface area contributed by atoms with Crippen molar-refractivity contribution in [1.82, 2.24) is 15.0 Å². The van der Waals surface area contributed by atoms with Gasteiger partial charge < -0.3 is 14.5 Å². The van der Waals surface area contributed by atoms with Crippen LogP contribution in [0.2, 0.25) is 0 Å². The standard InChI is InChI=1S/C18H9F3N4O3/c19-12-4-11(13(20)15(26)14(12)21)17-23-16(24-28-17)18(27)25-6-9-2-1-8(5-22)3-10(9)7-25/h1-4,26H,6-7H2. The van der Waals surface area contributed by atoms with Crippen molar-refractivity contribution in [1.29, 1.82) is 5.26 Å². The maximum absolute atomic E-state index is 14.0. The Kier molecular flexibility index (Phi) is 4.00. The molecule has 10 heteroatoms. The lowest BCUT2D eigenvalue weighted by Gasteiger charge is -2.12. The minimum absolute atomic E-state index is 0.216. The molecule has 0 atom stereocenters. The Morgan fingerprint density at radius 2 is 1.93 bits per heavy atom. The maximum Gasteiger partial charge on any atom is 0.295 e. The predicted molar refractivity (Wildman–Crippen MR) is 86.0 cm³/mol. The summed E-state index contributed by atoms with van der Waals surface area (Å²) in [5, 5.41) is 21.7. The van der Waals surface area contributed by atoms with Gasteiger partial charge >= 0.3 is 0 Å². The van der Waals surface area contributed by atoms with Crippen molar-refractivity contribution < 1.29 is 27.6 Å². The molecular weight excluding hydrogens is 377 g/mol. The van der Waals surface area contributed by atoms with Crippen molar-refractivity contribution in [2.75, 3.05) is 0 Å². The van der Waals surface area contributed by atoms with E-state index in [1.54, 1.807) is 18.2 Å². The minimum Gasteiger partial charge on any atom is -0.503 e. The van der Waals surface area contributed by atoms with Crippen LogP contribution < -0.4 is 0 Å². The van der Waals surface area contributed by atoms with Crippen LogP contribution in [-0.2, 0) is 13.1 Å². The van der Waals surface area contributed by atoms with E-state index in [0.29, 0.717) is 11.6 Å². The quantitative estimate of drug-likeness (QED) is 0.680. The van der Waals surface area contributed by atoms with E-state index < -0.39 is 46.4 Å². The lowest BCUT2D eigenvalue weighted by molar-refractivity contribution is 0.0735. The van der Waals surface area contributed by atoms with Crippen LogP contribution in [0.5, 0.6) is 5.75 Å². The van der Waals surface area contributed by atoms with Crippen LogP contribution in [0.15, 0.2) is 28.8 Å². The molecule has 1 aliphatic rings. The molecule has 0 spiro atoms. The Morgan fingerprint density at radius 3 is 2.68 bits per heavy atom. The van der Waals surface area contributed by atoms with E-state index in [9.17, 15) is 23.1 Å². The molecule has 0 fully saturated rings. The van der Waals surface area contributed by atoms with Gasteiger partial charge in [0.2, 0.25) is 5.82 Å². The number of carbonyl (C=O) groups excluding carboxylic acids is 1. The molecule has 0 saturated carbocycles. The van der Waals surface area contributed by atoms with Crippen LogP contribution in [0, 0.1) is 28.8 Å². The molecule has 1 aromatic heterocycles. The minimum atomic E-state index is -1.75. The van der Waals surface area contributed by atoms with Crippen LogP contribution in [-0.4, -0.2) is 26.1 Å². The molecule has 140 valence electrons. The molecule has 2 aromatic carbocycles. The summed E-state index contributed by atoms with van der Waals surface area (Å²) in [6.45, 7) is 0.470. The number of amides is 1. The third kappa shape index (κ3) is 2.73. The van der Waals surface area contributed by atoms with E-state index in [-0.39, 0.29) is 13.1 Å². The summed E-state index contributed by atoms with van der Waals surface area (Å²) in [6.07, 6.45) is 0. The summed E-state index contributed by atoms with van der Waals surface area (Å²) < 4.78 is 45.4. The van der Waals surface area contributed by atoms with E-state index >= 15 is 0 Å². The largest absolute Gasteiger partial charge is 0.503 e. The number of nitrogens with zero attached hydrogens (tertiary/aromatic N) is 4. The second-order valence-corrected chi connectivity index (χ2v) is 6.06. The first-order chi connectivity index (χ1) is 13.4. The zero-order valence-electron chi connectivity index (χ0n) is 13.9. The Morgan fingerprint density at radius 1 is 1.18 bits per heavy atom. The molecule has 0 bridgehead atoms. The number of hydrogen-bond donors (Lipinski definition) is 1. The van der Waals surface area contributed by atoms with Gasteiger partial charge in [-0.1, -0.05) is 11.2 Å². The van der Waals surface area contributed by atoms with Crippen LogP contribution >= 0.6 is 0 Å². The highest BCUT2D eigenvalue weighted by Crippen LogP contribution is 2.32. The number of aromatic nitrogens is 2. The first kappa shape index (κ1) is 17.5. The van der Waals surface area contributed by atoms with Gasteiger partial charge in [-0.3, -0.25) is 4.79 Å². The highest BCUT2D eigenvalue weighted by molar-refractivity contribution is 5.91. The third-order valence-electron chi connectivity index (χ3n) is 4.33. The lowest BCUT2D eigenvalue weighted by Crippen LogP contribution is -2.26. The number of benzene rings is 2. The number of phenols is 1. The summed E-state index contributed by atoms with van der Waals surface area (Å²) in [6, 6.07) is 7.51. The second-order valence-electron chi connectivity index (χ2n) is 6.06. The number of nitriles is 1. The van der Waals surface area contributed by atoms with Crippen LogP contribution in [0.4, 0.5) is 13.2 Å². The molecule has 2 heterocycles. The van der Waals surface area contributed by atoms with Crippen molar-refractivity contribution in [2.24, 2.45) is 0 Å². The van der Waals surface area contributed by atoms with Gasteiger partial charge in [0.05, 0.1) is 17.2 Å². The fourth-order valence-electron chi connectivity index (χ4n) is 2.91. The fraction of sp³-hybridized carbons (Fsp3) is 0.111. The SMILES string of the molecule is N#Cc1ccc2c(c1)CN(C(=O)c1noc(-c3cc(F)c(F)c(O)c3F)n1)C2. The molecule has 0 saturated heterocycles. The average Bonchev–Trinajstić information content (AvgIpc) is 3.35. The number of carbonyl (C=O) groups is 1. The number of phenolic OH excluding ortho intramolecular Hbond substituents is 1. The Balaban J connectivity index is 1.61. The van der Waals surface area contributed by atoms with E-state index in [1.165, 1.54) is 4.90 Å². The van der Waals surface area contributed by atoms with Gasteiger partial charge in [0.25, 0.3) is 17.6 Å². The van der Waals surface area contributed by atoms with Crippen molar-refractivity contribution in [3.05, 3.63) is 64.2 Å². The highest BCUT2D eigenvalue weighted by Gasteiger charge is 2.29. The van der Waals surface area contributed by atoms with Crippen LogP contribution in [0.25, 0.3) is 11.5 Å².